The Morgan fingerprint density at radius 1 is 0.962 bits per heavy atom. The number of halogens is 2. The molecule has 0 aliphatic heterocycles. The Morgan fingerprint density at radius 2 is 1.58 bits per heavy atom. The van der Waals surface area contributed by atoms with Gasteiger partial charge in [-0.25, -0.2) is 0 Å². The minimum Gasteiger partial charge on any atom is -0.361 e. The Hall–Kier alpha value is -0.840. The fraction of sp³-hybridized carbons (Fsp3) is 0.600. The predicted molar refractivity (Wildman–Crippen MR) is 120 cm³/mol. The van der Waals surface area contributed by atoms with Gasteiger partial charge in [-0.2, -0.15) is 5.10 Å². The van der Waals surface area contributed by atoms with Crippen molar-refractivity contribution in [3.8, 4) is 0 Å². The summed E-state index contributed by atoms with van der Waals surface area (Å²) in [6.07, 6.45) is 15.0. The summed E-state index contributed by atoms with van der Waals surface area (Å²) in [5.74, 6) is 0. The summed E-state index contributed by atoms with van der Waals surface area (Å²) in [4.78, 5) is 0. The molecule has 1 aromatic carbocycles. The smallest absolute Gasteiger partial charge is 0.186 e. The molecule has 0 aromatic heterocycles. The normalized spacial score (nSPS) is 11.0. The number of thiocarbonyl (C=S) groups is 1. The van der Waals surface area contributed by atoms with Crippen molar-refractivity contribution in [1.29, 1.82) is 0 Å². The van der Waals surface area contributed by atoms with Gasteiger partial charge in [-0.3, -0.25) is 5.43 Å². The number of hydrogen-bond acceptors (Lipinski definition) is 2. The van der Waals surface area contributed by atoms with Gasteiger partial charge in [-0.15, -0.1) is 0 Å². The van der Waals surface area contributed by atoms with Crippen LogP contribution in [-0.2, 0) is 0 Å². The maximum atomic E-state index is 5.96. The van der Waals surface area contributed by atoms with Gasteiger partial charge in [0.1, 0.15) is 0 Å². The highest BCUT2D eigenvalue weighted by Gasteiger charge is 1.98. The molecule has 26 heavy (non-hydrogen) atoms. The summed E-state index contributed by atoms with van der Waals surface area (Å²) in [6.45, 7) is 3.14. The van der Waals surface area contributed by atoms with E-state index in [4.69, 9.17) is 35.4 Å². The molecule has 0 spiro atoms. The predicted octanol–water partition coefficient (Wildman–Crippen LogP) is 6.71. The average Bonchev–Trinajstić information content (AvgIpc) is 2.62. The van der Waals surface area contributed by atoms with E-state index in [1.807, 2.05) is 6.07 Å². The van der Waals surface area contributed by atoms with Crippen LogP contribution in [0.15, 0.2) is 23.3 Å². The molecule has 0 unspecified atom stereocenters. The summed E-state index contributed by atoms with van der Waals surface area (Å²) >= 11 is 17.0. The van der Waals surface area contributed by atoms with E-state index in [0.29, 0.717) is 15.2 Å². The molecule has 0 aliphatic rings. The van der Waals surface area contributed by atoms with Crippen molar-refractivity contribution in [2.75, 3.05) is 6.54 Å². The van der Waals surface area contributed by atoms with Crippen LogP contribution in [0.3, 0.4) is 0 Å². The third-order valence-corrected chi connectivity index (χ3v) is 5.11. The molecule has 0 heterocycles. The van der Waals surface area contributed by atoms with Crippen LogP contribution in [0, 0.1) is 0 Å². The van der Waals surface area contributed by atoms with E-state index >= 15 is 0 Å². The second-order valence-electron chi connectivity index (χ2n) is 6.48. The largest absolute Gasteiger partial charge is 0.361 e. The quantitative estimate of drug-likeness (QED) is 0.162. The lowest BCUT2D eigenvalue weighted by Gasteiger charge is -2.07. The molecule has 0 saturated heterocycles. The standard InChI is InChI=1S/C20H31Cl2N3S/c1-2-3-4-5-6-7-8-9-10-11-14-23-20(26)25-24-16-17-12-13-18(21)19(22)15-17/h12-13,15-16H,2-11,14H2,1H3,(H2,23,25,26)/b24-16-. The van der Waals surface area contributed by atoms with Crippen molar-refractivity contribution in [2.24, 2.45) is 5.10 Å². The monoisotopic (exact) mass is 415 g/mol. The van der Waals surface area contributed by atoms with Gasteiger partial charge in [0, 0.05) is 6.54 Å². The Labute approximate surface area is 173 Å². The van der Waals surface area contributed by atoms with Crippen LogP contribution < -0.4 is 10.7 Å². The number of benzene rings is 1. The van der Waals surface area contributed by atoms with E-state index in [0.717, 1.165) is 18.5 Å². The number of hydrazone groups is 1. The first-order valence-corrected chi connectivity index (χ1v) is 10.8. The maximum Gasteiger partial charge on any atom is 0.186 e. The molecule has 0 saturated carbocycles. The van der Waals surface area contributed by atoms with E-state index in [1.165, 1.54) is 57.8 Å². The number of nitrogens with one attached hydrogen (secondary N) is 2. The number of unbranched alkanes of at least 4 members (excludes halogenated alkanes) is 9. The summed E-state index contributed by atoms with van der Waals surface area (Å²) in [7, 11) is 0. The highest BCUT2D eigenvalue weighted by molar-refractivity contribution is 7.80. The number of hydrogen-bond donors (Lipinski definition) is 2. The minimum atomic E-state index is 0.511. The topological polar surface area (TPSA) is 36.4 Å². The van der Waals surface area contributed by atoms with Gasteiger partial charge in [0.15, 0.2) is 5.11 Å². The summed E-state index contributed by atoms with van der Waals surface area (Å²) < 4.78 is 0. The second-order valence-corrected chi connectivity index (χ2v) is 7.70. The molecule has 0 atom stereocenters. The first-order chi connectivity index (χ1) is 12.6. The molecular weight excluding hydrogens is 385 g/mol. The summed E-state index contributed by atoms with van der Waals surface area (Å²) in [5.41, 5.74) is 3.68. The molecule has 1 rings (SSSR count). The van der Waals surface area contributed by atoms with Crippen LogP contribution in [0.4, 0.5) is 0 Å². The van der Waals surface area contributed by atoms with E-state index in [1.54, 1.807) is 18.3 Å². The minimum absolute atomic E-state index is 0.511. The molecule has 2 N–H and O–H groups in total. The third kappa shape index (κ3) is 11.7. The molecule has 0 fully saturated rings. The highest BCUT2D eigenvalue weighted by Crippen LogP contribution is 2.21. The summed E-state index contributed by atoms with van der Waals surface area (Å²) in [5, 5.41) is 8.86. The lowest BCUT2D eigenvalue weighted by atomic mass is 10.1. The van der Waals surface area contributed by atoms with Gasteiger partial charge < -0.3 is 5.32 Å². The van der Waals surface area contributed by atoms with E-state index in [2.05, 4.69) is 22.8 Å². The first kappa shape index (κ1) is 23.2. The van der Waals surface area contributed by atoms with Crippen LogP contribution >= 0.6 is 35.4 Å². The Bertz CT molecular complexity index is 550. The van der Waals surface area contributed by atoms with Crippen LogP contribution in [-0.4, -0.2) is 17.9 Å². The molecular formula is C20H31Cl2N3S. The SMILES string of the molecule is CCCCCCCCCCCCNC(=S)N/N=C\c1ccc(Cl)c(Cl)c1. The molecule has 6 heteroatoms. The van der Waals surface area contributed by atoms with Gasteiger partial charge in [0.25, 0.3) is 0 Å². The summed E-state index contributed by atoms with van der Waals surface area (Å²) in [6, 6.07) is 5.35. The Morgan fingerprint density at radius 3 is 2.19 bits per heavy atom. The van der Waals surface area contributed by atoms with Crippen molar-refractivity contribution in [1.82, 2.24) is 10.7 Å². The van der Waals surface area contributed by atoms with Crippen molar-refractivity contribution >= 4 is 46.7 Å². The van der Waals surface area contributed by atoms with E-state index < -0.39 is 0 Å². The highest BCUT2D eigenvalue weighted by atomic mass is 35.5. The molecule has 1 aromatic rings. The molecule has 0 aliphatic carbocycles. The van der Waals surface area contributed by atoms with Gasteiger partial charge in [0.2, 0.25) is 0 Å². The van der Waals surface area contributed by atoms with Gasteiger partial charge >= 0.3 is 0 Å². The zero-order valence-electron chi connectivity index (χ0n) is 15.7. The Kier molecular flexibility index (Phi) is 13.6. The fourth-order valence-corrected chi connectivity index (χ4v) is 3.07. The zero-order chi connectivity index (χ0) is 19.0. The number of nitrogens with zero attached hydrogens (tertiary/aromatic N) is 1. The maximum absolute atomic E-state index is 5.96. The lowest BCUT2D eigenvalue weighted by molar-refractivity contribution is 0.554. The van der Waals surface area contributed by atoms with Crippen molar-refractivity contribution in [3.05, 3.63) is 33.8 Å². The van der Waals surface area contributed by atoms with Crippen LogP contribution in [0.2, 0.25) is 10.0 Å². The fourth-order valence-electron chi connectivity index (χ4n) is 2.61. The molecule has 146 valence electrons. The Balaban J connectivity index is 1.98. The van der Waals surface area contributed by atoms with Gasteiger partial charge in [-0.05, 0) is 36.3 Å². The molecule has 0 bridgehead atoms. The molecule has 0 amide bonds. The first-order valence-electron chi connectivity index (χ1n) is 9.65. The lowest BCUT2D eigenvalue weighted by Crippen LogP contribution is -2.32. The third-order valence-electron chi connectivity index (χ3n) is 4.14. The van der Waals surface area contributed by atoms with Crippen LogP contribution in [0.5, 0.6) is 0 Å². The van der Waals surface area contributed by atoms with E-state index in [9.17, 15) is 0 Å². The molecule has 3 nitrogen and oxygen atoms in total. The number of rotatable bonds is 13. The molecule has 0 radical (unpaired) electrons. The van der Waals surface area contributed by atoms with Crippen molar-refractivity contribution in [2.45, 2.75) is 71.1 Å². The van der Waals surface area contributed by atoms with Crippen molar-refractivity contribution < 1.29 is 0 Å². The van der Waals surface area contributed by atoms with E-state index in [-0.39, 0.29) is 0 Å². The van der Waals surface area contributed by atoms with Gasteiger partial charge in [-0.1, -0.05) is 94.0 Å². The van der Waals surface area contributed by atoms with Crippen molar-refractivity contribution in [3.63, 3.8) is 0 Å². The van der Waals surface area contributed by atoms with Crippen LogP contribution in [0.1, 0.15) is 76.7 Å². The second kappa shape index (κ2) is 15.2. The van der Waals surface area contributed by atoms with Crippen LogP contribution in [0.25, 0.3) is 0 Å². The van der Waals surface area contributed by atoms with Gasteiger partial charge in [0.05, 0.1) is 16.3 Å². The average molecular weight is 416 g/mol. The zero-order valence-corrected chi connectivity index (χ0v) is 18.0.